The number of piperazine rings is 1. The number of aromatic nitrogens is 1. The minimum Gasteiger partial charge on any atom is -0.395 e. The third kappa shape index (κ3) is 4.32. The highest BCUT2D eigenvalue weighted by Crippen LogP contribution is 2.32. The molecule has 176 valence electrons. The molecule has 33 heavy (non-hydrogen) atoms. The average molecular weight is 456 g/mol. The molecule has 0 saturated carbocycles. The van der Waals surface area contributed by atoms with Crippen molar-refractivity contribution < 1.29 is 14.3 Å². The molecule has 0 bridgehead atoms. The number of aliphatic hydroxyl groups excluding tert-OH is 1. The van der Waals surface area contributed by atoms with E-state index in [2.05, 4.69) is 32.1 Å². The molecule has 3 aliphatic rings. The summed E-state index contributed by atoms with van der Waals surface area (Å²) in [7, 11) is 0. The van der Waals surface area contributed by atoms with Crippen molar-refractivity contribution in [1.82, 2.24) is 26.2 Å². The second kappa shape index (κ2) is 9.32. The monoisotopic (exact) mass is 455 g/mol. The number of hydrogen-bond donors (Lipinski definition) is 4. The summed E-state index contributed by atoms with van der Waals surface area (Å²) in [5.74, 6) is 0.336. The van der Waals surface area contributed by atoms with Crippen molar-refractivity contribution in [1.29, 1.82) is 0 Å². The Morgan fingerprint density at radius 2 is 1.97 bits per heavy atom. The summed E-state index contributed by atoms with van der Waals surface area (Å²) in [5, 5.41) is 10.5. The molecule has 1 amide bonds. The van der Waals surface area contributed by atoms with Gasteiger partial charge in [-0.15, -0.1) is 0 Å². The molecule has 3 fully saturated rings. The van der Waals surface area contributed by atoms with E-state index in [9.17, 15) is 9.18 Å². The van der Waals surface area contributed by atoms with Crippen molar-refractivity contribution in [3.05, 3.63) is 53.5 Å². The van der Waals surface area contributed by atoms with E-state index < -0.39 is 5.82 Å². The van der Waals surface area contributed by atoms with Crippen molar-refractivity contribution >= 4 is 17.4 Å². The molecule has 10 heteroatoms. The number of anilines is 2. The fraction of sp³-hybridized carbons (Fsp3) is 0.478. The van der Waals surface area contributed by atoms with Crippen LogP contribution in [0.1, 0.15) is 23.6 Å². The number of amides is 1. The number of rotatable bonds is 5. The molecule has 5 rings (SSSR count). The molecule has 1 aromatic carbocycles. The third-order valence-corrected chi connectivity index (χ3v) is 6.79. The Bertz CT molecular complexity index is 977. The maximum absolute atomic E-state index is 14.6. The maximum Gasteiger partial charge on any atom is 0.243 e. The number of aliphatic hydroxyl groups is 1. The van der Waals surface area contributed by atoms with Crippen LogP contribution in [0.5, 0.6) is 0 Å². The molecule has 9 nitrogen and oxygen atoms in total. The van der Waals surface area contributed by atoms with Crippen LogP contribution < -0.4 is 26.2 Å². The van der Waals surface area contributed by atoms with Crippen LogP contribution in [0.25, 0.3) is 0 Å². The van der Waals surface area contributed by atoms with E-state index in [1.165, 1.54) is 11.1 Å². The summed E-state index contributed by atoms with van der Waals surface area (Å²) in [6.07, 6.45) is 2.13. The average Bonchev–Trinajstić information content (AvgIpc) is 3.22. The van der Waals surface area contributed by atoms with Gasteiger partial charge >= 0.3 is 0 Å². The lowest BCUT2D eigenvalue weighted by Gasteiger charge is -2.37. The molecule has 1 aromatic heterocycles. The van der Waals surface area contributed by atoms with Gasteiger partial charge in [0.05, 0.1) is 24.4 Å². The normalized spacial score (nSPS) is 26.0. The minimum atomic E-state index is -0.421. The van der Waals surface area contributed by atoms with Gasteiger partial charge in [0.25, 0.3) is 0 Å². The predicted octanol–water partition coefficient (Wildman–Crippen LogP) is 0.471. The van der Waals surface area contributed by atoms with Crippen LogP contribution in [0.15, 0.2) is 36.5 Å². The number of fused-ring (bicyclic) bond motifs is 1. The second-order valence-electron chi connectivity index (χ2n) is 8.87. The number of para-hydroxylation sites is 1. The number of carbonyl (C=O) groups is 1. The number of nitrogens with zero attached hydrogens (tertiary/aromatic N) is 4. The van der Waals surface area contributed by atoms with Crippen LogP contribution in [-0.4, -0.2) is 72.3 Å². The Labute approximate surface area is 192 Å². The van der Waals surface area contributed by atoms with Crippen molar-refractivity contribution in [3.8, 4) is 0 Å². The zero-order valence-electron chi connectivity index (χ0n) is 18.7. The van der Waals surface area contributed by atoms with Gasteiger partial charge in [0.1, 0.15) is 11.6 Å². The number of hydrazine groups is 2. The van der Waals surface area contributed by atoms with Crippen LogP contribution >= 0.6 is 0 Å². The summed E-state index contributed by atoms with van der Waals surface area (Å²) < 4.78 is 14.6. The maximum atomic E-state index is 14.6. The fourth-order valence-electron chi connectivity index (χ4n) is 4.95. The predicted molar refractivity (Wildman–Crippen MR) is 123 cm³/mol. The van der Waals surface area contributed by atoms with E-state index in [1.807, 2.05) is 12.3 Å². The largest absolute Gasteiger partial charge is 0.395 e. The molecular formula is C23H30FN7O2. The van der Waals surface area contributed by atoms with Gasteiger partial charge in [-0.1, -0.05) is 18.2 Å². The number of hydrogen-bond acceptors (Lipinski definition) is 8. The van der Waals surface area contributed by atoms with Crippen molar-refractivity contribution in [2.45, 2.75) is 31.5 Å². The number of β-amino-alcohol motifs (C(OH)–C–C–N with tert-alkyl or cyclic N) is 1. The van der Waals surface area contributed by atoms with E-state index in [-0.39, 0.29) is 42.7 Å². The van der Waals surface area contributed by atoms with Gasteiger partial charge in [0.15, 0.2) is 0 Å². The topological polar surface area (TPSA) is 96.0 Å². The highest BCUT2D eigenvalue weighted by Gasteiger charge is 2.44. The highest BCUT2D eigenvalue weighted by atomic mass is 19.1. The first-order chi connectivity index (χ1) is 16.0. The van der Waals surface area contributed by atoms with Gasteiger partial charge in [-0.3, -0.25) is 15.1 Å². The number of aryl methyl sites for hydroxylation is 1. The van der Waals surface area contributed by atoms with E-state index in [4.69, 9.17) is 10.1 Å². The van der Waals surface area contributed by atoms with Crippen LogP contribution in [0, 0.1) is 12.7 Å². The van der Waals surface area contributed by atoms with Gasteiger partial charge in [-0.25, -0.2) is 25.2 Å². The first-order valence-electron chi connectivity index (χ1n) is 11.4. The molecule has 3 saturated heterocycles. The molecule has 3 aliphatic heterocycles. The van der Waals surface area contributed by atoms with Gasteiger partial charge in [0.2, 0.25) is 5.91 Å². The number of benzene rings is 1. The molecule has 2 aromatic rings. The van der Waals surface area contributed by atoms with E-state index >= 15 is 0 Å². The molecule has 3 atom stereocenters. The van der Waals surface area contributed by atoms with Gasteiger partial charge in [-0.05, 0) is 30.2 Å². The Balaban J connectivity index is 1.30. The summed E-state index contributed by atoms with van der Waals surface area (Å²) >= 11 is 0. The van der Waals surface area contributed by atoms with Crippen LogP contribution in [-0.2, 0) is 4.79 Å². The van der Waals surface area contributed by atoms with E-state index in [1.54, 1.807) is 19.1 Å². The molecular weight excluding hydrogens is 425 g/mol. The zero-order valence-corrected chi connectivity index (χ0v) is 18.7. The highest BCUT2D eigenvalue weighted by molar-refractivity contribution is 5.94. The Morgan fingerprint density at radius 3 is 2.67 bits per heavy atom. The second-order valence-corrected chi connectivity index (χ2v) is 8.87. The zero-order chi connectivity index (χ0) is 22.9. The first kappa shape index (κ1) is 22.2. The Morgan fingerprint density at radius 1 is 1.15 bits per heavy atom. The smallest absolute Gasteiger partial charge is 0.243 e. The third-order valence-electron chi connectivity index (χ3n) is 6.79. The molecule has 3 unspecified atom stereocenters. The lowest BCUT2D eigenvalue weighted by atomic mass is 9.94. The van der Waals surface area contributed by atoms with Gasteiger partial charge < -0.3 is 10.0 Å². The first-order valence-corrected chi connectivity index (χ1v) is 11.4. The Hall–Kier alpha value is -2.63. The number of nitrogens with one attached hydrogen (secondary N) is 3. The number of pyridine rings is 1. The van der Waals surface area contributed by atoms with Crippen molar-refractivity contribution in [2.24, 2.45) is 0 Å². The molecule has 0 aliphatic carbocycles. The van der Waals surface area contributed by atoms with E-state index in [0.717, 1.165) is 37.6 Å². The van der Waals surface area contributed by atoms with E-state index in [0.29, 0.717) is 12.1 Å². The quantitative estimate of drug-likeness (QED) is 0.517. The van der Waals surface area contributed by atoms with Gasteiger partial charge in [0, 0.05) is 51.4 Å². The van der Waals surface area contributed by atoms with Crippen LogP contribution in [0.2, 0.25) is 0 Å². The standard InChI is InChI=1S/C23H30FN7O2/c1-15-3-2-4-17(24)23(15)31-20(33)13-18-22(28-31)21(27-26-18)16-5-6-19(25-14-16)30-9-7-29(8-10-30)11-12-32/h2-6,14,18,21-22,26-28,32H,7-13H2,1H3. The lowest BCUT2D eigenvalue weighted by molar-refractivity contribution is -0.121. The number of carbonyl (C=O) groups excluding carboxylic acids is 1. The molecule has 4 heterocycles. The minimum absolute atomic E-state index is 0.106. The Kier molecular flexibility index (Phi) is 6.26. The summed E-state index contributed by atoms with van der Waals surface area (Å²) in [4.78, 5) is 22.0. The summed E-state index contributed by atoms with van der Waals surface area (Å²) in [6.45, 7) is 6.26. The number of halogens is 1. The van der Waals surface area contributed by atoms with Crippen molar-refractivity contribution in [3.63, 3.8) is 0 Å². The van der Waals surface area contributed by atoms with Crippen LogP contribution in [0.3, 0.4) is 0 Å². The fourth-order valence-corrected chi connectivity index (χ4v) is 4.95. The van der Waals surface area contributed by atoms with Gasteiger partial charge in [-0.2, -0.15) is 0 Å². The molecule has 0 spiro atoms. The summed E-state index contributed by atoms with van der Waals surface area (Å²) in [5.41, 5.74) is 11.7. The molecule has 0 radical (unpaired) electrons. The molecule has 4 N–H and O–H groups in total. The van der Waals surface area contributed by atoms with Crippen LogP contribution in [0.4, 0.5) is 15.9 Å². The van der Waals surface area contributed by atoms with Crippen molar-refractivity contribution in [2.75, 3.05) is 49.2 Å². The lowest BCUT2D eigenvalue weighted by Crippen LogP contribution is -2.60. The SMILES string of the molecule is Cc1cccc(F)c1N1NC2C(CC1=O)NNC2c1ccc(N2CCN(CCO)CC2)nc1. The summed E-state index contributed by atoms with van der Waals surface area (Å²) in [6, 6.07) is 8.53.